The van der Waals surface area contributed by atoms with E-state index < -0.39 is 0 Å². The zero-order chi connectivity index (χ0) is 22.5. The molecule has 2 heterocycles. The van der Waals surface area contributed by atoms with E-state index in [1.54, 1.807) is 0 Å². The van der Waals surface area contributed by atoms with Crippen LogP contribution in [0.5, 0.6) is 0 Å². The van der Waals surface area contributed by atoms with E-state index in [1.165, 1.54) is 5.56 Å². The minimum Gasteiger partial charge on any atom is -0.324 e. The summed E-state index contributed by atoms with van der Waals surface area (Å²) in [6.07, 6.45) is 2.54. The first-order chi connectivity index (χ1) is 15.5. The van der Waals surface area contributed by atoms with Crippen LogP contribution in [-0.4, -0.2) is 60.9 Å². The average molecular weight is 435 g/mol. The number of nitrogens with zero attached hydrogens (tertiary/aromatic N) is 3. The number of nitrogens with one attached hydrogen (secondary N) is 1. The first kappa shape index (κ1) is 22.5. The van der Waals surface area contributed by atoms with Gasteiger partial charge in [-0.05, 0) is 63.5 Å². The first-order valence-electron chi connectivity index (χ1n) is 11.7. The Bertz CT molecular complexity index is 924. The number of fused-ring (bicyclic) bond motifs is 1. The third-order valence-corrected chi connectivity index (χ3v) is 6.56. The Morgan fingerprint density at radius 3 is 2.50 bits per heavy atom. The van der Waals surface area contributed by atoms with Gasteiger partial charge in [0.05, 0.1) is 17.9 Å². The summed E-state index contributed by atoms with van der Waals surface area (Å²) in [5, 5.41) is 2.93. The molecule has 4 rings (SSSR count). The molecule has 1 fully saturated rings. The molecule has 1 saturated heterocycles. The van der Waals surface area contributed by atoms with Gasteiger partial charge in [0.15, 0.2) is 0 Å². The van der Waals surface area contributed by atoms with E-state index in [0.29, 0.717) is 18.9 Å². The molecule has 2 amide bonds. The smallest absolute Gasteiger partial charge is 0.241 e. The van der Waals surface area contributed by atoms with E-state index >= 15 is 0 Å². The van der Waals surface area contributed by atoms with Gasteiger partial charge in [-0.3, -0.25) is 14.5 Å². The van der Waals surface area contributed by atoms with Crippen molar-refractivity contribution in [1.29, 1.82) is 0 Å². The fourth-order valence-electron chi connectivity index (χ4n) is 4.96. The van der Waals surface area contributed by atoms with Crippen LogP contribution >= 0.6 is 0 Å². The Hall–Kier alpha value is -2.70. The quantitative estimate of drug-likeness (QED) is 0.755. The number of likely N-dealkylation sites (tertiary alicyclic amines) is 1. The molecule has 1 unspecified atom stereocenters. The van der Waals surface area contributed by atoms with Gasteiger partial charge in [-0.15, -0.1) is 0 Å². The topological polar surface area (TPSA) is 55.9 Å². The predicted octanol–water partition coefficient (Wildman–Crippen LogP) is 3.59. The molecule has 6 nitrogen and oxygen atoms in total. The summed E-state index contributed by atoms with van der Waals surface area (Å²) in [4.78, 5) is 32.0. The third kappa shape index (κ3) is 5.56. The van der Waals surface area contributed by atoms with Gasteiger partial charge in [-0.25, -0.2) is 0 Å². The van der Waals surface area contributed by atoms with E-state index in [4.69, 9.17) is 0 Å². The lowest BCUT2D eigenvalue weighted by Gasteiger charge is -2.35. The van der Waals surface area contributed by atoms with Gasteiger partial charge in [-0.1, -0.05) is 42.5 Å². The third-order valence-electron chi connectivity index (χ3n) is 6.56. The number of para-hydroxylation sites is 2. The van der Waals surface area contributed by atoms with Gasteiger partial charge >= 0.3 is 0 Å². The van der Waals surface area contributed by atoms with Crippen LogP contribution in [0.1, 0.15) is 31.7 Å². The highest BCUT2D eigenvalue weighted by atomic mass is 16.2. The van der Waals surface area contributed by atoms with Crippen LogP contribution in [0.25, 0.3) is 0 Å². The normalized spacial score (nSPS) is 20.0. The second-order valence-electron chi connectivity index (χ2n) is 9.28. The summed E-state index contributed by atoms with van der Waals surface area (Å²) in [5.74, 6) is 0.691. The number of benzene rings is 2. The number of hydrogen-bond acceptors (Lipinski definition) is 4. The standard InChI is InChI=1S/C26H34N4O2/c1-20-16-25(31)27-23-10-6-7-11-24(23)30(20)26(32)19-29-14-12-22(13-15-29)18-28(2)17-21-8-4-3-5-9-21/h3-11,20,22H,12-19H2,1-2H3,(H,27,31). The van der Waals surface area contributed by atoms with Crippen LogP contribution in [0.4, 0.5) is 11.4 Å². The average Bonchev–Trinajstić information content (AvgIpc) is 2.89. The largest absolute Gasteiger partial charge is 0.324 e. The highest BCUT2D eigenvalue weighted by Crippen LogP contribution is 2.31. The van der Waals surface area contributed by atoms with Crippen LogP contribution in [0.15, 0.2) is 54.6 Å². The molecular weight excluding hydrogens is 400 g/mol. The second kappa shape index (κ2) is 10.3. The highest BCUT2D eigenvalue weighted by Gasteiger charge is 2.31. The van der Waals surface area contributed by atoms with Crippen LogP contribution in [0.3, 0.4) is 0 Å². The summed E-state index contributed by atoms with van der Waals surface area (Å²) in [6.45, 7) is 6.29. The van der Waals surface area contributed by atoms with E-state index in [0.717, 1.165) is 50.4 Å². The van der Waals surface area contributed by atoms with Crippen molar-refractivity contribution in [2.24, 2.45) is 5.92 Å². The van der Waals surface area contributed by atoms with Gasteiger partial charge < -0.3 is 15.1 Å². The van der Waals surface area contributed by atoms with Crippen molar-refractivity contribution in [2.75, 3.05) is 43.4 Å². The molecule has 32 heavy (non-hydrogen) atoms. The fourth-order valence-corrected chi connectivity index (χ4v) is 4.96. The minimum absolute atomic E-state index is 0.0410. The molecule has 0 aliphatic carbocycles. The van der Waals surface area contributed by atoms with Gasteiger partial charge in [0.2, 0.25) is 11.8 Å². The van der Waals surface area contributed by atoms with E-state index in [2.05, 4.69) is 52.5 Å². The summed E-state index contributed by atoms with van der Waals surface area (Å²) in [7, 11) is 2.19. The Labute approximate surface area is 191 Å². The van der Waals surface area contributed by atoms with Crippen molar-refractivity contribution >= 4 is 23.2 Å². The van der Waals surface area contributed by atoms with Crippen molar-refractivity contribution in [3.8, 4) is 0 Å². The predicted molar refractivity (Wildman–Crippen MR) is 129 cm³/mol. The maximum Gasteiger partial charge on any atom is 0.241 e. The van der Waals surface area contributed by atoms with Crippen LogP contribution in [-0.2, 0) is 16.1 Å². The van der Waals surface area contributed by atoms with Crippen LogP contribution in [0, 0.1) is 5.92 Å². The lowest BCUT2D eigenvalue weighted by atomic mass is 9.96. The lowest BCUT2D eigenvalue weighted by Crippen LogP contribution is -2.47. The van der Waals surface area contributed by atoms with Crippen molar-refractivity contribution < 1.29 is 9.59 Å². The van der Waals surface area contributed by atoms with Crippen molar-refractivity contribution in [3.05, 3.63) is 60.2 Å². The number of carbonyl (C=O) groups is 2. The molecule has 2 aliphatic rings. The summed E-state index contributed by atoms with van der Waals surface area (Å²) >= 11 is 0. The number of amides is 2. The second-order valence-corrected chi connectivity index (χ2v) is 9.28. The Morgan fingerprint density at radius 1 is 1.06 bits per heavy atom. The number of anilines is 2. The van der Waals surface area contributed by atoms with E-state index in [9.17, 15) is 9.59 Å². The molecule has 1 N–H and O–H groups in total. The summed E-state index contributed by atoms with van der Waals surface area (Å²) in [5.41, 5.74) is 2.86. The molecule has 2 aromatic rings. The SMILES string of the molecule is CC1CC(=O)Nc2ccccc2N1C(=O)CN1CCC(CN(C)Cc2ccccc2)CC1. The van der Waals surface area contributed by atoms with Crippen LogP contribution < -0.4 is 10.2 Å². The Balaban J connectivity index is 1.30. The molecule has 0 radical (unpaired) electrons. The van der Waals surface area contributed by atoms with E-state index in [1.807, 2.05) is 36.1 Å². The van der Waals surface area contributed by atoms with Crippen molar-refractivity contribution in [2.45, 2.75) is 38.8 Å². The van der Waals surface area contributed by atoms with Gasteiger partial charge in [0.1, 0.15) is 0 Å². The monoisotopic (exact) mass is 434 g/mol. The Morgan fingerprint density at radius 2 is 1.75 bits per heavy atom. The maximum absolute atomic E-state index is 13.3. The highest BCUT2D eigenvalue weighted by molar-refractivity contribution is 6.04. The molecule has 6 heteroatoms. The number of carbonyl (C=O) groups excluding carboxylic acids is 2. The van der Waals surface area contributed by atoms with Crippen molar-refractivity contribution in [1.82, 2.24) is 9.80 Å². The molecule has 1 atom stereocenters. The number of hydrogen-bond donors (Lipinski definition) is 1. The zero-order valence-corrected chi connectivity index (χ0v) is 19.2. The molecule has 170 valence electrons. The maximum atomic E-state index is 13.3. The molecule has 0 spiro atoms. The minimum atomic E-state index is -0.157. The molecule has 2 aromatic carbocycles. The first-order valence-corrected chi connectivity index (χ1v) is 11.7. The Kier molecular flexibility index (Phi) is 7.22. The summed E-state index contributed by atoms with van der Waals surface area (Å²) in [6, 6.07) is 18.0. The van der Waals surface area contributed by atoms with Crippen molar-refractivity contribution in [3.63, 3.8) is 0 Å². The molecule has 0 saturated carbocycles. The van der Waals surface area contributed by atoms with Gasteiger partial charge in [0, 0.05) is 25.6 Å². The molecule has 2 aliphatic heterocycles. The van der Waals surface area contributed by atoms with Gasteiger partial charge in [0.25, 0.3) is 0 Å². The van der Waals surface area contributed by atoms with Crippen LogP contribution in [0.2, 0.25) is 0 Å². The van der Waals surface area contributed by atoms with E-state index in [-0.39, 0.29) is 17.9 Å². The summed E-state index contributed by atoms with van der Waals surface area (Å²) < 4.78 is 0. The zero-order valence-electron chi connectivity index (χ0n) is 19.2. The molecular formula is C26H34N4O2. The number of piperidine rings is 1. The molecule has 0 aromatic heterocycles. The fraction of sp³-hybridized carbons (Fsp3) is 0.462. The molecule has 0 bridgehead atoms. The number of rotatable bonds is 6. The van der Waals surface area contributed by atoms with Gasteiger partial charge in [-0.2, -0.15) is 0 Å². The lowest BCUT2D eigenvalue weighted by molar-refractivity contribution is -0.120.